The standard InChI is InChI=1S/C35H40O13/c1-33(25(17-36)43-4)18-45-31(44-5)32(48-33)46-22-15-23(42-3)28-24(16-22)47-35(20-11-13-21(41-2)14-12-20)27(19-9-7-6-8-10-19)26(30(38)39)29(37)34(28,35)40/h6-16,25-27,29,31-32,36-37,40H,17-18H2,1-5H3,(H,38,39)/t25-,26-,27-,29-,31-,32-,33-,34+,35+/m1/s1. The van der Waals surface area contributed by atoms with Gasteiger partial charge in [0, 0.05) is 32.3 Å². The molecular formula is C35H40O13. The van der Waals surface area contributed by atoms with Gasteiger partial charge in [-0.15, -0.1) is 0 Å². The fourth-order valence-corrected chi connectivity index (χ4v) is 7.49. The molecule has 6 rings (SSSR count). The molecule has 3 aliphatic rings. The van der Waals surface area contributed by atoms with Gasteiger partial charge in [0.15, 0.2) is 11.2 Å². The van der Waals surface area contributed by atoms with Crippen LogP contribution in [0.1, 0.15) is 29.5 Å². The Morgan fingerprint density at radius 3 is 2.27 bits per heavy atom. The maximum absolute atomic E-state index is 12.9. The summed E-state index contributed by atoms with van der Waals surface area (Å²) < 4.78 is 47.2. The zero-order valence-corrected chi connectivity index (χ0v) is 27.2. The van der Waals surface area contributed by atoms with Gasteiger partial charge in [-0.1, -0.05) is 42.5 Å². The highest BCUT2D eigenvalue weighted by Gasteiger charge is 2.78. The number of carbonyl (C=O) groups is 1. The van der Waals surface area contributed by atoms with Gasteiger partial charge in [-0.05, 0) is 30.2 Å². The summed E-state index contributed by atoms with van der Waals surface area (Å²) in [5.74, 6) is -3.03. The second kappa shape index (κ2) is 12.8. The first-order valence-electron chi connectivity index (χ1n) is 15.4. The van der Waals surface area contributed by atoms with E-state index in [0.29, 0.717) is 16.9 Å². The molecule has 13 heteroatoms. The van der Waals surface area contributed by atoms with Crippen molar-refractivity contribution in [3.8, 4) is 23.0 Å². The number of hydrogen-bond acceptors (Lipinski definition) is 12. The van der Waals surface area contributed by atoms with Gasteiger partial charge in [-0.25, -0.2) is 0 Å². The summed E-state index contributed by atoms with van der Waals surface area (Å²) >= 11 is 0. The summed E-state index contributed by atoms with van der Waals surface area (Å²) in [6, 6.07) is 18.5. The van der Waals surface area contributed by atoms with Crippen LogP contribution in [0, 0.1) is 5.92 Å². The third kappa shape index (κ3) is 5.00. The number of hydrogen-bond donors (Lipinski definition) is 4. The molecule has 1 saturated heterocycles. The smallest absolute Gasteiger partial charge is 0.310 e. The number of rotatable bonds is 11. The number of aliphatic hydroxyl groups excluding tert-OH is 2. The Bertz CT molecular complexity index is 1610. The van der Waals surface area contributed by atoms with Crippen molar-refractivity contribution in [2.75, 3.05) is 41.7 Å². The van der Waals surface area contributed by atoms with Crippen LogP contribution in [0.3, 0.4) is 0 Å². The topological polar surface area (TPSA) is 172 Å². The molecule has 1 saturated carbocycles. The quantitative estimate of drug-likeness (QED) is 0.235. The van der Waals surface area contributed by atoms with Crippen LogP contribution in [0.2, 0.25) is 0 Å². The largest absolute Gasteiger partial charge is 0.497 e. The highest BCUT2D eigenvalue weighted by atomic mass is 16.8. The van der Waals surface area contributed by atoms with E-state index in [4.69, 9.17) is 37.9 Å². The SMILES string of the molecule is COc1ccc([C@@]23Oc4cc(O[C@@H]5O[C@@](C)([C@@H](CO)OC)CO[C@H]5OC)cc(OC)c4[C@]2(O)[C@H](O)[C@H](C(=O)O)[C@H]3c2ccccc2)cc1. The van der Waals surface area contributed by atoms with E-state index >= 15 is 0 Å². The molecule has 0 radical (unpaired) electrons. The van der Waals surface area contributed by atoms with Gasteiger partial charge < -0.3 is 58.3 Å². The number of methoxy groups -OCH3 is 4. The van der Waals surface area contributed by atoms with Crippen molar-refractivity contribution in [3.05, 3.63) is 83.4 Å². The second-order valence-electron chi connectivity index (χ2n) is 12.3. The van der Waals surface area contributed by atoms with Crippen LogP contribution in [0.5, 0.6) is 23.0 Å². The van der Waals surface area contributed by atoms with Gasteiger partial charge in [0.1, 0.15) is 40.8 Å². The van der Waals surface area contributed by atoms with E-state index in [1.807, 2.05) is 0 Å². The number of carboxylic acids is 1. The summed E-state index contributed by atoms with van der Waals surface area (Å²) in [4.78, 5) is 12.9. The molecule has 4 N–H and O–H groups in total. The molecule has 9 atom stereocenters. The van der Waals surface area contributed by atoms with Crippen molar-refractivity contribution in [2.45, 2.75) is 54.4 Å². The van der Waals surface area contributed by atoms with Crippen molar-refractivity contribution in [1.82, 2.24) is 0 Å². The van der Waals surface area contributed by atoms with Gasteiger partial charge in [0.2, 0.25) is 6.29 Å². The molecule has 48 heavy (non-hydrogen) atoms. The average molecular weight is 669 g/mol. The van der Waals surface area contributed by atoms with Crippen LogP contribution in [-0.2, 0) is 34.9 Å². The average Bonchev–Trinajstić information content (AvgIpc) is 3.47. The predicted molar refractivity (Wildman–Crippen MR) is 167 cm³/mol. The summed E-state index contributed by atoms with van der Waals surface area (Å²) in [6.45, 7) is 1.42. The summed E-state index contributed by atoms with van der Waals surface area (Å²) in [5, 5.41) is 45.3. The number of aliphatic hydroxyl groups is 3. The van der Waals surface area contributed by atoms with Crippen molar-refractivity contribution in [2.24, 2.45) is 5.92 Å². The van der Waals surface area contributed by atoms with Crippen molar-refractivity contribution in [1.29, 1.82) is 0 Å². The van der Waals surface area contributed by atoms with E-state index in [2.05, 4.69) is 0 Å². The molecule has 13 nitrogen and oxygen atoms in total. The molecule has 0 spiro atoms. The lowest BCUT2D eigenvalue weighted by molar-refractivity contribution is -0.355. The van der Waals surface area contributed by atoms with E-state index in [0.717, 1.165) is 0 Å². The van der Waals surface area contributed by atoms with E-state index < -0.39 is 59.4 Å². The van der Waals surface area contributed by atoms with Crippen molar-refractivity contribution in [3.63, 3.8) is 0 Å². The third-order valence-corrected chi connectivity index (χ3v) is 9.76. The monoisotopic (exact) mass is 668 g/mol. The molecule has 0 unspecified atom stereocenters. The van der Waals surface area contributed by atoms with Gasteiger partial charge in [0.25, 0.3) is 6.29 Å². The molecule has 0 aromatic heterocycles. The van der Waals surface area contributed by atoms with Crippen LogP contribution in [0.4, 0.5) is 0 Å². The lowest BCUT2D eigenvalue weighted by atomic mass is 9.70. The molecule has 258 valence electrons. The van der Waals surface area contributed by atoms with Crippen molar-refractivity contribution >= 4 is 5.97 Å². The number of carboxylic acid groups (broad SMARTS) is 1. The Kier molecular flexibility index (Phi) is 9.06. The Morgan fingerprint density at radius 1 is 0.979 bits per heavy atom. The highest BCUT2D eigenvalue weighted by molar-refractivity contribution is 5.77. The molecule has 2 heterocycles. The third-order valence-electron chi connectivity index (χ3n) is 9.76. The van der Waals surface area contributed by atoms with Gasteiger partial charge in [-0.3, -0.25) is 4.79 Å². The molecule has 3 aromatic rings. The second-order valence-corrected chi connectivity index (χ2v) is 12.3. The first kappa shape index (κ1) is 33.9. The molecule has 3 aromatic carbocycles. The number of benzene rings is 3. The summed E-state index contributed by atoms with van der Waals surface area (Å²) in [6.07, 6.45) is -4.71. The Balaban J connectivity index is 1.51. The molecular weight excluding hydrogens is 628 g/mol. The van der Waals surface area contributed by atoms with Crippen LogP contribution in [0.25, 0.3) is 0 Å². The van der Waals surface area contributed by atoms with Crippen LogP contribution in [0.15, 0.2) is 66.7 Å². The van der Waals surface area contributed by atoms with Crippen molar-refractivity contribution < 1.29 is 63.1 Å². The highest BCUT2D eigenvalue weighted by Crippen LogP contribution is 2.70. The van der Waals surface area contributed by atoms with Gasteiger partial charge in [-0.2, -0.15) is 0 Å². The van der Waals surface area contributed by atoms with Gasteiger partial charge in [0.05, 0.1) is 38.9 Å². The Morgan fingerprint density at radius 2 is 1.69 bits per heavy atom. The van der Waals surface area contributed by atoms with Crippen LogP contribution in [-0.4, -0.2) is 98.4 Å². The molecule has 2 aliphatic heterocycles. The number of aliphatic carboxylic acids is 1. The summed E-state index contributed by atoms with van der Waals surface area (Å²) in [5.41, 5.74) is -4.30. The first-order valence-corrected chi connectivity index (χ1v) is 15.4. The zero-order valence-electron chi connectivity index (χ0n) is 27.2. The minimum atomic E-state index is -2.32. The zero-order chi connectivity index (χ0) is 34.4. The van der Waals surface area contributed by atoms with E-state index in [1.165, 1.54) is 40.6 Å². The normalized spacial score (nSPS) is 32.9. The minimum absolute atomic E-state index is 0.0436. The minimum Gasteiger partial charge on any atom is -0.497 e. The van der Waals surface area contributed by atoms with Crippen LogP contribution < -0.4 is 18.9 Å². The van der Waals surface area contributed by atoms with E-state index in [9.17, 15) is 25.2 Å². The van der Waals surface area contributed by atoms with E-state index in [1.54, 1.807) is 61.5 Å². The van der Waals surface area contributed by atoms with Gasteiger partial charge >= 0.3 is 5.97 Å². The first-order chi connectivity index (χ1) is 23.0. The van der Waals surface area contributed by atoms with E-state index in [-0.39, 0.29) is 36.0 Å². The maximum Gasteiger partial charge on any atom is 0.310 e. The fraction of sp³-hybridized carbons (Fsp3) is 0.457. The summed E-state index contributed by atoms with van der Waals surface area (Å²) in [7, 11) is 5.77. The number of fused-ring (bicyclic) bond motifs is 3. The lowest BCUT2D eigenvalue weighted by Crippen LogP contribution is -2.59. The Hall–Kier alpha value is -3.95. The Labute approximate surface area is 277 Å². The lowest BCUT2D eigenvalue weighted by Gasteiger charge is -2.44. The van der Waals surface area contributed by atoms with Crippen LogP contribution >= 0.6 is 0 Å². The molecule has 1 aliphatic carbocycles. The predicted octanol–water partition coefficient (Wildman–Crippen LogP) is 2.53. The number of ether oxygens (including phenoxy) is 8. The molecule has 0 amide bonds. The molecule has 2 fully saturated rings. The maximum atomic E-state index is 12.9. The molecule has 0 bridgehead atoms. The fourth-order valence-electron chi connectivity index (χ4n) is 7.49.